The summed E-state index contributed by atoms with van der Waals surface area (Å²) >= 11 is 0. The first-order valence-corrected chi connectivity index (χ1v) is 5.51. The van der Waals surface area contributed by atoms with E-state index in [-0.39, 0.29) is 5.56 Å². The molecule has 0 saturated heterocycles. The Hall–Kier alpha value is -2.59. The molecule has 0 spiro atoms. The second kappa shape index (κ2) is 7.68. The van der Waals surface area contributed by atoms with Crippen molar-refractivity contribution in [1.82, 2.24) is 0 Å². The lowest BCUT2D eigenvalue weighted by Gasteiger charge is -1.99. The van der Waals surface area contributed by atoms with Crippen molar-refractivity contribution in [1.29, 1.82) is 0 Å². The van der Waals surface area contributed by atoms with Gasteiger partial charge in [-0.2, -0.15) is 0 Å². The molecule has 0 radical (unpaired) electrons. The molecule has 5 nitrogen and oxygen atoms in total. The van der Waals surface area contributed by atoms with Crippen LogP contribution in [-0.4, -0.2) is 17.6 Å². The fraction of sp³-hybridized carbons (Fsp3) is 0.154. The summed E-state index contributed by atoms with van der Waals surface area (Å²) in [5.41, 5.74) is 9.04. The van der Waals surface area contributed by atoms with Crippen LogP contribution < -0.4 is 0 Å². The average Bonchev–Trinajstić information content (AvgIpc) is 2.38. The topological polar surface area (TPSA) is 86.1 Å². The molecule has 1 aromatic rings. The van der Waals surface area contributed by atoms with E-state index < -0.39 is 11.8 Å². The van der Waals surface area contributed by atoms with Gasteiger partial charge in [0.15, 0.2) is 0 Å². The van der Waals surface area contributed by atoms with Gasteiger partial charge in [-0.15, -0.1) is 0 Å². The highest BCUT2D eigenvalue weighted by molar-refractivity contribution is 5.85. The largest absolute Gasteiger partial charge is 0.478 e. The third-order valence-electron chi connectivity index (χ3n) is 2.19. The molecule has 6 heteroatoms. The number of aliphatic carboxylic acids is 1. The number of azide groups is 1. The van der Waals surface area contributed by atoms with Gasteiger partial charge in [0.25, 0.3) is 0 Å². The van der Waals surface area contributed by atoms with Crippen molar-refractivity contribution in [3.8, 4) is 0 Å². The van der Waals surface area contributed by atoms with E-state index in [4.69, 9.17) is 10.6 Å². The second-order valence-corrected chi connectivity index (χ2v) is 3.60. The Morgan fingerprint density at radius 2 is 2.26 bits per heavy atom. The number of nitrogens with zero attached hydrogens (tertiary/aromatic N) is 3. The van der Waals surface area contributed by atoms with Gasteiger partial charge < -0.3 is 5.11 Å². The Balaban J connectivity index is 2.78. The zero-order valence-corrected chi connectivity index (χ0v) is 10.0. The standard InChI is InChI=1S/C13H12FN3O2/c14-12-6-4-10(3-1-2-8-16-17-15)9-11(12)5-7-13(18)19/h1,3-7,9H,2,8H2,(H,18,19)/b3-1?,7-5+. The van der Waals surface area contributed by atoms with E-state index in [1.54, 1.807) is 24.3 Å². The van der Waals surface area contributed by atoms with Crippen molar-refractivity contribution in [3.63, 3.8) is 0 Å². The Bertz CT molecular complexity index is 561. The summed E-state index contributed by atoms with van der Waals surface area (Å²) in [6, 6.07) is 4.39. The van der Waals surface area contributed by atoms with Crippen LogP contribution in [0.15, 0.2) is 35.5 Å². The lowest BCUT2D eigenvalue weighted by molar-refractivity contribution is -0.131. The molecule has 0 heterocycles. The van der Waals surface area contributed by atoms with Crippen LogP contribution in [0.5, 0.6) is 0 Å². The fourth-order valence-electron chi connectivity index (χ4n) is 1.35. The zero-order chi connectivity index (χ0) is 14.1. The van der Waals surface area contributed by atoms with Crippen LogP contribution in [0.2, 0.25) is 0 Å². The maximum absolute atomic E-state index is 13.4. The molecular weight excluding hydrogens is 249 g/mol. The van der Waals surface area contributed by atoms with Gasteiger partial charge in [0.1, 0.15) is 5.82 Å². The minimum Gasteiger partial charge on any atom is -0.478 e. The summed E-state index contributed by atoms with van der Waals surface area (Å²) in [6.07, 6.45) is 6.22. The van der Waals surface area contributed by atoms with Crippen LogP contribution in [0.3, 0.4) is 0 Å². The van der Waals surface area contributed by atoms with Crippen LogP contribution in [0.25, 0.3) is 22.6 Å². The van der Waals surface area contributed by atoms with E-state index in [0.29, 0.717) is 13.0 Å². The average molecular weight is 261 g/mol. The van der Waals surface area contributed by atoms with Crippen molar-refractivity contribution in [2.45, 2.75) is 6.42 Å². The van der Waals surface area contributed by atoms with E-state index >= 15 is 0 Å². The predicted molar refractivity (Wildman–Crippen MR) is 70.7 cm³/mol. The quantitative estimate of drug-likeness (QED) is 0.278. The zero-order valence-electron chi connectivity index (χ0n) is 10.0. The molecule has 0 atom stereocenters. The van der Waals surface area contributed by atoms with Crippen LogP contribution in [0.1, 0.15) is 17.5 Å². The lowest BCUT2D eigenvalue weighted by atomic mass is 10.1. The van der Waals surface area contributed by atoms with Crippen molar-refractivity contribution in [2.75, 3.05) is 6.54 Å². The predicted octanol–water partition coefficient (Wildman–Crippen LogP) is 3.64. The first-order valence-electron chi connectivity index (χ1n) is 5.51. The highest BCUT2D eigenvalue weighted by atomic mass is 19.1. The van der Waals surface area contributed by atoms with Crippen molar-refractivity contribution < 1.29 is 14.3 Å². The van der Waals surface area contributed by atoms with Gasteiger partial charge in [0.05, 0.1) is 0 Å². The minimum absolute atomic E-state index is 0.208. The monoisotopic (exact) mass is 261 g/mol. The Morgan fingerprint density at radius 1 is 1.47 bits per heavy atom. The number of hydrogen-bond donors (Lipinski definition) is 1. The molecule has 0 aliphatic rings. The van der Waals surface area contributed by atoms with Crippen LogP contribution in [0, 0.1) is 5.82 Å². The molecule has 1 N–H and O–H groups in total. The number of halogens is 1. The SMILES string of the molecule is [N-]=[N+]=NCCC=Cc1ccc(F)c(/C=C/C(=O)O)c1. The van der Waals surface area contributed by atoms with Gasteiger partial charge in [-0.1, -0.05) is 23.3 Å². The van der Waals surface area contributed by atoms with Crippen molar-refractivity contribution >= 4 is 18.1 Å². The molecule has 0 amide bonds. The number of carboxylic acids is 1. The van der Waals surface area contributed by atoms with Gasteiger partial charge in [-0.25, -0.2) is 9.18 Å². The number of rotatable bonds is 6. The summed E-state index contributed by atoms with van der Waals surface area (Å²) in [7, 11) is 0. The van der Waals surface area contributed by atoms with Crippen molar-refractivity contribution in [3.05, 3.63) is 57.7 Å². The smallest absolute Gasteiger partial charge is 0.328 e. The van der Waals surface area contributed by atoms with E-state index in [1.165, 1.54) is 12.1 Å². The number of carbonyl (C=O) groups is 1. The number of carboxylic acid groups (broad SMARTS) is 1. The van der Waals surface area contributed by atoms with Crippen LogP contribution in [-0.2, 0) is 4.79 Å². The van der Waals surface area contributed by atoms with Crippen LogP contribution in [0.4, 0.5) is 4.39 Å². The van der Waals surface area contributed by atoms with E-state index in [2.05, 4.69) is 10.0 Å². The maximum Gasteiger partial charge on any atom is 0.328 e. The first kappa shape index (κ1) is 14.5. The minimum atomic E-state index is -1.13. The number of benzene rings is 1. The molecular formula is C13H12FN3O2. The highest BCUT2D eigenvalue weighted by Gasteiger charge is 1.99. The maximum atomic E-state index is 13.4. The van der Waals surface area contributed by atoms with Gasteiger partial charge in [-0.05, 0) is 35.7 Å². The fourth-order valence-corrected chi connectivity index (χ4v) is 1.35. The van der Waals surface area contributed by atoms with Gasteiger partial charge in [0, 0.05) is 23.1 Å². The molecule has 0 fully saturated rings. The molecule has 1 aromatic carbocycles. The lowest BCUT2D eigenvalue weighted by Crippen LogP contribution is -1.88. The van der Waals surface area contributed by atoms with E-state index in [0.717, 1.165) is 11.6 Å². The first-order chi connectivity index (χ1) is 9.13. The summed E-state index contributed by atoms with van der Waals surface area (Å²) < 4.78 is 13.4. The molecule has 1 rings (SSSR count). The normalized spacial score (nSPS) is 10.8. The third kappa shape index (κ3) is 5.52. The third-order valence-corrected chi connectivity index (χ3v) is 2.19. The Kier molecular flexibility index (Phi) is 5.85. The van der Waals surface area contributed by atoms with Crippen LogP contribution >= 0.6 is 0 Å². The molecule has 0 aromatic heterocycles. The molecule has 0 aliphatic carbocycles. The molecule has 98 valence electrons. The summed E-state index contributed by atoms with van der Waals surface area (Å²) in [5.74, 6) is -1.61. The number of hydrogen-bond acceptors (Lipinski definition) is 2. The highest BCUT2D eigenvalue weighted by Crippen LogP contribution is 2.14. The second-order valence-electron chi connectivity index (χ2n) is 3.60. The summed E-state index contributed by atoms with van der Waals surface area (Å²) in [6.45, 7) is 0.361. The summed E-state index contributed by atoms with van der Waals surface area (Å²) in [4.78, 5) is 13.0. The molecule has 0 unspecified atom stereocenters. The van der Waals surface area contributed by atoms with Crippen molar-refractivity contribution in [2.24, 2.45) is 5.11 Å². The van der Waals surface area contributed by atoms with Gasteiger partial charge in [-0.3, -0.25) is 0 Å². The van der Waals surface area contributed by atoms with E-state index in [1.807, 2.05) is 0 Å². The van der Waals surface area contributed by atoms with Gasteiger partial charge in [0.2, 0.25) is 0 Å². The van der Waals surface area contributed by atoms with Gasteiger partial charge >= 0.3 is 5.97 Å². The molecule has 0 aliphatic heterocycles. The van der Waals surface area contributed by atoms with E-state index in [9.17, 15) is 9.18 Å². The molecule has 19 heavy (non-hydrogen) atoms. The molecule has 0 bridgehead atoms. The molecule has 0 saturated carbocycles. The summed E-state index contributed by atoms with van der Waals surface area (Å²) in [5, 5.41) is 11.9. The Labute approximate surface area is 109 Å². The Morgan fingerprint density at radius 3 is 2.95 bits per heavy atom.